The average Bonchev–Trinajstić information content (AvgIpc) is 2.85. The fourth-order valence-electron chi connectivity index (χ4n) is 3.47. The van der Waals surface area contributed by atoms with Gasteiger partial charge in [0, 0.05) is 25.2 Å². The SMILES string of the molecule is Cc1ccccc1S(=O)(=O)N1CC2CCCN2CC1C. The molecule has 0 aliphatic carbocycles. The highest BCUT2D eigenvalue weighted by Gasteiger charge is 2.40. The summed E-state index contributed by atoms with van der Waals surface area (Å²) in [5, 5.41) is 0. The summed E-state index contributed by atoms with van der Waals surface area (Å²) in [6.45, 7) is 6.49. The Balaban J connectivity index is 1.93. The Labute approximate surface area is 121 Å². The average molecular weight is 294 g/mol. The predicted octanol–water partition coefficient (Wildman–Crippen LogP) is 1.85. The minimum Gasteiger partial charge on any atom is -0.297 e. The summed E-state index contributed by atoms with van der Waals surface area (Å²) in [5.74, 6) is 0. The topological polar surface area (TPSA) is 40.6 Å². The number of piperazine rings is 1. The van der Waals surface area contributed by atoms with E-state index in [1.165, 1.54) is 6.42 Å². The number of hydrogen-bond acceptors (Lipinski definition) is 3. The van der Waals surface area contributed by atoms with Gasteiger partial charge in [-0.1, -0.05) is 18.2 Å². The number of rotatable bonds is 2. The maximum absolute atomic E-state index is 12.9. The van der Waals surface area contributed by atoms with E-state index in [2.05, 4.69) is 4.90 Å². The van der Waals surface area contributed by atoms with Crippen molar-refractivity contribution in [1.29, 1.82) is 0 Å². The zero-order valence-corrected chi connectivity index (χ0v) is 12.9. The number of benzene rings is 1. The van der Waals surface area contributed by atoms with Gasteiger partial charge in [-0.25, -0.2) is 8.42 Å². The van der Waals surface area contributed by atoms with Gasteiger partial charge in [0.25, 0.3) is 0 Å². The van der Waals surface area contributed by atoms with Crippen molar-refractivity contribution < 1.29 is 8.42 Å². The number of aryl methyl sites for hydroxylation is 1. The Hall–Kier alpha value is -0.910. The van der Waals surface area contributed by atoms with Crippen molar-refractivity contribution >= 4 is 10.0 Å². The van der Waals surface area contributed by atoms with E-state index in [1.807, 2.05) is 26.0 Å². The molecule has 20 heavy (non-hydrogen) atoms. The largest absolute Gasteiger partial charge is 0.297 e. The summed E-state index contributed by atoms with van der Waals surface area (Å²) in [6, 6.07) is 7.73. The molecular weight excluding hydrogens is 272 g/mol. The lowest BCUT2D eigenvalue weighted by atomic mass is 10.1. The first-order chi connectivity index (χ1) is 9.50. The molecule has 2 aliphatic heterocycles. The van der Waals surface area contributed by atoms with E-state index in [0.717, 1.165) is 25.1 Å². The van der Waals surface area contributed by atoms with Crippen molar-refractivity contribution in [1.82, 2.24) is 9.21 Å². The fraction of sp³-hybridized carbons (Fsp3) is 0.600. The molecular formula is C15H22N2O2S. The summed E-state index contributed by atoms with van der Waals surface area (Å²) in [5.41, 5.74) is 0.827. The van der Waals surface area contributed by atoms with Gasteiger partial charge >= 0.3 is 0 Å². The minimum atomic E-state index is -3.37. The minimum absolute atomic E-state index is 0.0500. The van der Waals surface area contributed by atoms with E-state index in [4.69, 9.17) is 0 Å². The van der Waals surface area contributed by atoms with Crippen LogP contribution in [0.4, 0.5) is 0 Å². The molecule has 0 spiro atoms. The second-order valence-electron chi connectivity index (χ2n) is 5.98. The van der Waals surface area contributed by atoms with Gasteiger partial charge in [-0.3, -0.25) is 4.90 Å². The maximum Gasteiger partial charge on any atom is 0.243 e. The molecule has 2 atom stereocenters. The Bertz CT molecular complexity index is 600. The lowest BCUT2D eigenvalue weighted by molar-refractivity contribution is 0.117. The Kier molecular flexibility index (Phi) is 3.60. The van der Waals surface area contributed by atoms with Crippen molar-refractivity contribution in [2.75, 3.05) is 19.6 Å². The van der Waals surface area contributed by atoms with E-state index >= 15 is 0 Å². The Morgan fingerprint density at radius 3 is 2.70 bits per heavy atom. The highest BCUT2D eigenvalue weighted by Crippen LogP contribution is 2.29. The summed E-state index contributed by atoms with van der Waals surface area (Å²) in [6.07, 6.45) is 2.31. The second-order valence-corrected chi connectivity index (χ2v) is 7.84. The second kappa shape index (κ2) is 5.13. The van der Waals surface area contributed by atoms with Crippen molar-refractivity contribution in [3.63, 3.8) is 0 Å². The first-order valence-corrected chi connectivity index (χ1v) is 8.75. The van der Waals surface area contributed by atoms with E-state index < -0.39 is 10.0 Å². The molecule has 2 aliphatic rings. The van der Waals surface area contributed by atoms with E-state index in [0.29, 0.717) is 17.5 Å². The van der Waals surface area contributed by atoms with Crippen LogP contribution in [0.5, 0.6) is 0 Å². The molecule has 4 nitrogen and oxygen atoms in total. The van der Waals surface area contributed by atoms with Crippen LogP contribution >= 0.6 is 0 Å². The highest BCUT2D eigenvalue weighted by atomic mass is 32.2. The van der Waals surface area contributed by atoms with Crippen molar-refractivity contribution in [2.24, 2.45) is 0 Å². The molecule has 2 fully saturated rings. The molecule has 2 heterocycles. The molecule has 0 amide bonds. The van der Waals surface area contributed by atoms with Gasteiger partial charge < -0.3 is 0 Å². The summed E-state index contributed by atoms with van der Waals surface area (Å²) in [4.78, 5) is 2.90. The molecule has 2 unspecified atom stereocenters. The van der Waals surface area contributed by atoms with Crippen molar-refractivity contribution in [3.8, 4) is 0 Å². The summed E-state index contributed by atoms with van der Waals surface area (Å²) < 4.78 is 27.5. The smallest absolute Gasteiger partial charge is 0.243 e. The zero-order chi connectivity index (χ0) is 14.3. The lowest BCUT2D eigenvalue weighted by Gasteiger charge is -2.41. The number of sulfonamides is 1. The molecule has 2 saturated heterocycles. The third-order valence-corrected chi connectivity index (χ3v) is 6.70. The van der Waals surface area contributed by atoms with Crippen LogP contribution < -0.4 is 0 Å². The molecule has 5 heteroatoms. The molecule has 0 aromatic heterocycles. The highest BCUT2D eigenvalue weighted by molar-refractivity contribution is 7.89. The molecule has 1 aromatic carbocycles. The molecule has 110 valence electrons. The van der Waals surface area contributed by atoms with Gasteiger partial charge in [0.05, 0.1) is 4.90 Å². The molecule has 0 radical (unpaired) electrons. The van der Waals surface area contributed by atoms with Crippen LogP contribution in [0.1, 0.15) is 25.3 Å². The number of nitrogens with zero attached hydrogens (tertiary/aromatic N) is 2. The van der Waals surface area contributed by atoms with E-state index in [-0.39, 0.29) is 6.04 Å². The van der Waals surface area contributed by atoms with E-state index in [1.54, 1.807) is 16.4 Å². The quantitative estimate of drug-likeness (QED) is 0.836. The molecule has 0 N–H and O–H groups in total. The van der Waals surface area contributed by atoms with Crippen LogP contribution in [0.25, 0.3) is 0 Å². The zero-order valence-electron chi connectivity index (χ0n) is 12.1. The molecule has 0 saturated carbocycles. The van der Waals surface area contributed by atoms with Gasteiger partial charge in [-0.15, -0.1) is 0 Å². The van der Waals surface area contributed by atoms with Gasteiger partial charge in [-0.2, -0.15) is 4.31 Å². The third kappa shape index (κ3) is 2.28. The first-order valence-electron chi connectivity index (χ1n) is 7.31. The lowest BCUT2D eigenvalue weighted by Crippen LogP contribution is -2.56. The molecule has 0 bridgehead atoms. The first kappa shape index (κ1) is 14.0. The summed E-state index contributed by atoms with van der Waals surface area (Å²) in [7, 11) is -3.37. The predicted molar refractivity (Wildman–Crippen MR) is 79.1 cm³/mol. The Morgan fingerprint density at radius 2 is 1.95 bits per heavy atom. The monoisotopic (exact) mass is 294 g/mol. The molecule has 3 rings (SSSR count). The van der Waals surface area contributed by atoms with E-state index in [9.17, 15) is 8.42 Å². The van der Waals surface area contributed by atoms with Crippen LogP contribution in [0.15, 0.2) is 29.2 Å². The van der Waals surface area contributed by atoms with Crippen LogP contribution in [-0.4, -0.2) is 49.3 Å². The number of fused-ring (bicyclic) bond motifs is 1. The van der Waals surface area contributed by atoms with Crippen molar-refractivity contribution in [3.05, 3.63) is 29.8 Å². The van der Waals surface area contributed by atoms with Crippen LogP contribution in [0.3, 0.4) is 0 Å². The maximum atomic E-state index is 12.9. The van der Waals surface area contributed by atoms with Gasteiger partial charge in [0.1, 0.15) is 0 Å². The molecule has 1 aromatic rings. The summed E-state index contributed by atoms with van der Waals surface area (Å²) >= 11 is 0. The van der Waals surface area contributed by atoms with Gasteiger partial charge in [0.2, 0.25) is 10.0 Å². The van der Waals surface area contributed by atoms with Crippen LogP contribution in [0.2, 0.25) is 0 Å². The van der Waals surface area contributed by atoms with Gasteiger partial charge in [0.15, 0.2) is 0 Å². The fourth-order valence-corrected chi connectivity index (χ4v) is 5.35. The Morgan fingerprint density at radius 1 is 1.20 bits per heavy atom. The number of hydrogen-bond donors (Lipinski definition) is 0. The standard InChI is InChI=1S/C15H22N2O2S/c1-12-6-3-4-8-15(12)20(18,19)17-11-14-7-5-9-16(14)10-13(17)2/h3-4,6,8,13-14H,5,7,9-11H2,1-2H3. The van der Waals surface area contributed by atoms with Crippen LogP contribution in [0, 0.1) is 6.92 Å². The van der Waals surface area contributed by atoms with Crippen molar-refractivity contribution in [2.45, 2.75) is 43.7 Å². The normalized spacial score (nSPS) is 28.5. The van der Waals surface area contributed by atoms with Crippen LogP contribution in [-0.2, 0) is 10.0 Å². The third-order valence-electron chi connectivity index (χ3n) is 4.56. The van der Waals surface area contributed by atoms with Gasteiger partial charge in [-0.05, 0) is 44.9 Å².